The summed E-state index contributed by atoms with van der Waals surface area (Å²) in [5, 5.41) is 10.8. The monoisotopic (exact) mass is 419 g/mol. The van der Waals surface area contributed by atoms with Gasteiger partial charge in [0.05, 0.1) is 13.7 Å². The molecule has 0 spiro atoms. The molecule has 0 amide bonds. The fourth-order valence-electron chi connectivity index (χ4n) is 3.45. The predicted molar refractivity (Wildman–Crippen MR) is 112 cm³/mol. The van der Waals surface area contributed by atoms with Gasteiger partial charge in [0.15, 0.2) is 11.5 Å². The number of hydrogen-bond acceptors (Lipinski definition) is 6. The molecule has 164 valence electrons. The first kappa shape index (κ1) is 22.3. The quantitative estimate of drug-likeness (QED) is 0.597. The van der Waals surface area contributed by atoms with Crippen LogP contribution in [-0.4, -0.2) is 62.7 Å². The molecule has 1 N–H and O–H groups in total. The van der Waals surface area contributed by atoms with Gasteiger partial charge in [0.2, 0.25) is 0 Å². The molecule has 0 saturated carbocycles. The third kappa shape index (κ3) is 6.32. The van der Waals surface area contributed by atoms with E-state index in [9.17, 15) is 9.50 Å². The minimum atomic E-state index is -0.876. The maximum atomic E-state index is 13.0. The Balaban J connectivity index is 1.51. The summed E-state index contributed by atoms with van der Waals surface area (Å²) in [6.07, 6.45) is 1.23. The Kier molecular flexibility index (Phi) is 7.90. The second-order valence-corrected chi connectivity index (χ2v) is 7.57. The van der Waals surface area contributed by atoms with E-state index in [1.165, 1.54) is 12.1 Å². The van der Waals surface area contributed by atoms with Crippen LogP contribution in [0.5, 0.6) is 17.2 Å². The molecule has 0 aliphatic carbocycles. The molecule has 0 atom stereocenters. The van der Waals surface area contributed by atoms with Gasteiger partial charge in [-0.05, 0) is 54.8 Å². The maximum Gasteiger partial charge on any atom is 0.161 e. The van der Waals surface area contributed by atoms with Crippen molar-refractivity contribution in [3.05, 3.63) is 53.8 Å². The number of piperidine rings is 1. The molecule has 1 saturated heterocycles. The molecule has 2 aromatic rings. The topological polar surface area (TPSA) is 60.4 Å². The van der Waals surface area contributed by atoms with Crippen molar-refractivity contribution in [1.82, 2.24) is 4.90 Å². The fourth-order valence-corrected chi connectivity index (χ4v) is 3.45. The number of nitrogens with zero attached hydrogens (tertiary/aromatic N) is 1. The lowest BCUT2D eigenvalue weighted by molar-refractivity contribution is -0.0537. The van der Waals surface area contributed by atoms with Crippen LogP contribution in [0.1, 0.15) is 18.4 Å². The van der Waals surface area contributed by atoms with Crippen molar-refractivity contribution in [2.75, 3.05) is 47.1 Å². The molecule has 7 heteroatoms. The second-order valence-electron chi connectivity index (χ2n) is 7.57. The van der Waals surface area contributed by atoms with Gasteiger partial charge in [-0.15, -0.1) is 0 Å². The average Bonchev–Trinajstić information content (AvgIpc) is 2.76. The van der Waals surface area contributed by atoms with Crippen LogP contribution in [-0.2, 0) is 11.3 Å². The minimum Gasteiger partial charge on any atom is -0.493 e. The molecule has 3 rings (SSSR count). The number of aliphatic hydroxyl groups is 1. The Bertz CT molecular complexity index is 791. The Morgan fingerprint density at radius 1 is 0.967 bits per heavy atom. The van der Waals surface area contributed by atoms with Crippen molar-refractivity contribution in [3.63, 3.8) is 0 Å². The van der Waals surface area contributed by atoms with E-state index < -0.39 is 5.60 Å². The largest absolute Gasteiger partial charge is 0.493 e. The Hall–Kier alpha value is -2.35. The molecule has 0 aromatic heterocycles. The summed E-state index contributed by atoms with van der Waals surface area (Å²) in [4.78, 5) is 2.30. The van der Waals surface area contributed by atoms with Crippen molar-refractivity contribution in [3.8, 4) is 17.2 Å². The fraction of sp³-hybridized carbons (Fsp3) is 0.478. The van der Waals surface area contributed by atoms with E-state index in [0.717, 1.165) is 25.2 Å². The van der Waals surface area contributed by atoms with E-state index in [2.05, 4.69) is 4.90 Å². The number of likely N-dealkylation sites (tertiary alicyclic amines) is 1. The first-order valence-corrected chi connectivity index (χ1v) is 10.1. The normalized spacial score (nSPS) is 16.3. The summed E-state index contributed by atoms with van der Waals surface area (Å²) in [6, 6.07) is 11.8. The molecule has 1 fully saturated rings. The van der Waals surface area contributed by atoms with Gasteiger partial charge in [-0.3, -0.25) is 4.90 Å². The summed E-state index contributed by atoms with van der Waals surface area (Å²) in [6.45, 7) is 3.45. The molecular weight excluding hydrogens is 389 g/mol. The van der Waals surface area contributed by atoms with Crippen LogP contribution < -0.4 is 14.2 Å². The van der Waals surface area contributed by atoms with Crippen molar-refractivity contribution in [2.24, 2.45) is 0 Å². The number of methoxy groups -OCH3 is 2. The molecule has 0 radical (unpaired) electrons. The molecular formula is C23H30FNO5. The highest BCUT2D eigenvalue weighted by Crippen LogP contribution is 2.30. The SMILES string of the molecule is COCCOc1cc(CN2CCC(O)(COc3ccc(F)cc3)CC2)ccc1OC. The van der Waals surface area contributed by atoms with Crippen LogP contribution in [0.15, 0.2) is 42.5 Å². The highest BCUT2D eigenvalue weighted by Gasteiger charge is 2.33. The molecule has 1 aliphatic rings. The molecule has 6 nitrogen and oxygen atoms in total. The van der Waals surface area contributed by atoms with Gasteiger partial charge in [0.1, 0.15) is 30.4 Å². The predicted octanol–water partition coefficient (Wildman–Crippen LogP) is 3.27. The van der Waals surface area contributed by atoms with Gasteiger partial charge in [-0.25, -0.2) is 4.39 Å². The summed E-state index contributed by atoms with van der Waals surface area (Å²) >= 11 is 0. The third-order valence-electron chi connectivity index (χ3n) is 5.29. The smallest absolute Gasteiger partial charge is 0.161 e. The van der Waals surface area contributed by atoms with Gasteiger partial charge in [-0.2, -0.15) is 0 Å². The lowest BCUT2D eigenvalue weighted by Crippen LogP contribution is -2.47. The lowest BCUT2D eigenvalue weighted by atomic mass is 9.92. The third-order valence-corrected chi connectivity index (χ3v) is 5.29. The first-order chi connectivity index (χ1) is 14.5. The first-order valence-electron chi connectivity index (χ1n) is 10.1. The maximum absolute atomic E-state index is 13.0. The van der Waals surface area contributed by atoms with Crippen molar-refractivity contribution < 1.29 is 28.4 Å². The summed E-state index contributed by atoms with van der Waals surface area (Å²) < 4.78 is 34.8. The van der Waals surface area contributed by atoms with E-state index in [1.807, 2.05) is 18.2 Å². The molecule has 1 aliphatic heterocycles. The molecule has 0 bridgehead atoms. The highest BCUT2D eigenvalue weighted by molar-refractivity contribution is 5.43. The zero-order valence-electron chi connectivity index (χ0n) is 17.6. The van der Waals surface area contributed by atoms with Crippen molar-refractivity contribution in [1.29, 1.82) is 0 Å². The van der Waals surface area contributed by atoms with E-state index in [0.29, 0.717) is 43.3 Å². The van der Waals surface area contributed by atoms with E-state index >= 15 is 0 Å². The van der Waals surface area contributed by atoms with Crippen LogP contribution in [0.3, 0.4) is 0 Å². The summed E-state index contributed by atoms with van der Waals surface area (Å²) in [7, 11) is 3.26. The summed E-state index contributed by atoms with van der Waals surface area (Å²) in [5.41, 5.74) is 0.246. The van der Waals surface area contributed by atoms with E-state index in [4.69, 9.17) is 18.9 Å². The molecule has 2 aromatic carbocycles. The summed E-state index contributed by atoms with van der Waals surface area (Å²) in [5.74, 6) is 1.65. The van der Waals surface area contributed by atoms with E-state index in [-0.39, 0.29) is 12.4 Å². The van der Waals surface area contributed by atoms with Gasteiger partial charge < -0.3 is 24.1 Å². The zero-order valence-corrected chi connectivity index (χ0v) is 17.6. The molecule has 0 unspecified atom stereocenters. The van der Waals surface area contributed by atoms with Crippen LogP contribution in [0.4, 0.5) is 4.39 Å². The van der Waals surface area contributed by atoms with Crippen LogP contribution in [0.2, 0.25) is 0 Å². The van der Waals surface area contributed by atoms with Gasteiger partial charge in [0.25, 0.3) is 0 Å². The molecule has 1 heterocycles. The van der Waals surface area contributed by atoms with Crippen LogP contribution in [0.25, 0.3) is 0 Å². The Morgan fingerprint density at radius 3 is 2.37 bits per heavy atom. The van der Waals surface area contributed by atoms with Gasteiger partial charge in [-0.1, -0.05) is 6.07 Å². The van der Waals surface area contributed by atoms with Crippen LogP contribution >= 0.6 is 0 Å². The minimum absolute atomic E-state index is 0.201. The Labute approximate surface area is 177 Å². The standard InChI is InChI=1S/C23H30FNO5/c1-27-13-14-29-22-15-18(3-8-21(22)28-2)16-25-11-9-23(26,10-12-25)17-30-20-6-4-19(24)5-7-20/h3-8,15,26H,9-14,16-17H2,1-2H3. The van der Waals surface area contributed by atoms with Crippen LogP contribution in [0, 0.1) is 5.82 Å². The van der Waals surface area contributed by atoms with Crippen molar-refractivity contribution >= 4 is 0 Å². The zero-order chi connectivity index (χ0) is 21.4. The second kappa shape index (κ2) is 10.6. The van der Waals surface area contributed by atoms with Gasteiger partial charge >= 0.3 is 0 Å². The van der Waals surface area contributed by atoms with Gasteiger partial charge in [0, 0.05) is 26.7 Å². The highest BCUT2D eigenvalue weighted by atomic mass is 19.1. The molecule has 30 heavy (non-hydrogen) atoms. The average molecular weight is 419 g/mol. The van der Waals surface area contributed by atoms with E-state index in [1.54, 1.807) is 26.4 Å². The number of ether oxygens (including phenoxy) is 4. The van der Waals surface area contributed by atoms with Crippen molar-refractivity contribution in [2.45, 2.75) is 25.0 Å². The number of rotatable bonds is 10. The lowest BCUT2D eigenvalue weighted by Gasteiger charge is -2.38. The number of hydrogen-bond donors (Lipinski definition) is 1. The number of halogens is 1. The number of benzene rings is 2. The Morgan fingerprint density at radius 2 is 1.70 bits per heavy atom.